The van der Waals surface area contributed by atoms with Gasteiger partial charge in [-0.15, -0.1) is 0 Å². The molecule has 0 fully saturated rings. The summed E-state index contributed by atoms with van der Waals surface area (Å²) in [4.78, 5) is 9.84. The molecule has 1 rings (SSSR count). The molecule has 0 unspecified atom stereocenters. The molecule has 0 bridgehead atoms. The fourth-order valence-corrected chi connectivity index (χ4v) is 3.16. The zero-order valence-electron chi connectivity index (χ0n) is 10.1. The number of benzene rings is 1. The molecular formula is C10H15N3O4S. The van der Waals surface area contributed by atoms with Crippen molar-refractivity contribution in [2.24, 2.45) is 5.73 Å². The number of rotatable bonds is 5. The summed E-state index contributed by atoms with van der Waals surface area (Å²) >= 11 is 0. The van der Waals surface area contributed by atoms with Crippen LogP contribution in [-0.2, 0) is 10.0 Å². The Morgan fingerprint density at radius 2 is 2.11 bits per heavy atom. The zero-order chi connectivity index (χ0) is 13.9. The number of nitrogens with zero attached hydrogens (tertiary/aromatic N) is 1. The van der Waals surface area contributed by atoms with Crippen LogP contribution in [0, 0.1) is 17.0 Å². The van der Waals surface area contributed by atoms with Crippen LogP contribution in [0.2, 0.25) is 0 Å². The van der Waals surface area contributed by atoms with Crippen molar-refractivity contribution >= 4 is 15.7 Å². The first kappa shape index (κ1) is 14.6. The second-order valence-electron chi connectivity index (χ2n) is 3.94. The maximum atomic E-state index is 12.1. The van der Waals surface area contributed by atoms with Gasteiger partial charge in [0.25, 0.3) is 5.69 Å². The van der Waals surface area contributed by atoms with Crippen molar-refractivity contribution in [3.8, 4) is 0 Å². The second kappa shape index (κ2) is 5.42. The largest absolute Gasteiger partial charge is 0.329 e. The average molecular weight is 273 g/mol. The molecule has 1 atom stereocenters. The molecule has 0 saturated carbocycles. The molecule has 8 heteroatoms. The summed E-state index contributed by atoms with van der Waals surface area (Å²) in [6, 6.07) is 3.62. The normalized spacial score (nSPS) is 13.3. The Kier molecular flexibility index (Phi) is 4.38. The Bertz CT molecular complexity index is 556. The van der Waals surface area contributed by atoms with Gasteiger partial charge in [-0.25, -0.2) is 13.1 Å². The summed E-state index contributed by atoms with van der Waals surface area (Å²) in [6.45, 7) is 3.20. The third-order valence-electron chi connectivity index (χ3n) is 2.37. The Morgan fingerprint density at radius 3 is 2.61 bits per heavy atom. The number of hydrogen-bond donors (Lipinski definition) is 2. The average Bonchev–Trinajstić information content (AvgIpc) is 2.27. The summed E-state index contributed by atoms with van der Waals surface area (Å²) in [5.41, 5.74) is 5.21. The van der Waals surface area contributed by atoms with Gasteiger partial charge in [-0.05, 0) is 19.4 Å². The van der Waals surface area contributed by atoms with Crippen molar-refractivity contribution in [2.75, 3.05) is 6.54 Å². The molecule has 7 nitrogen and oxygen atoms in total. The van der Waals surface area contributed by atoms with E-state index in [1.165, 1.54) is 19.1 Å². The SMILES string of the molecule is Cc1cccc([N+](=O)[O-])c1S(=O)(=O)N[C@H](C)CN. The van der Waals surface area contributed by atoms with Gasteiger partial charge in [0.15, 0.2) is 4.90 Å². The lowest BCUT2D eigenvalue weighted by Gasteiger charge is -2.13. The van der Waals surface area contributed by atoms with Crippen LogP contribution < -0.4 is 10.5 Å². The van der Waals surface area contributed by atoms with Gasteiger partial charge in [0, 0.05) is 18.7 Å². The third-order valence-corrected chi connectivity index (χ3v) is 4.15. The van der Waals surface area contributed by atoms with Gasteiger partial charge >= 0.3 is 0 Å². The molecule has 0 aliphatic heterocycles. The van der Waals surface area contributed by atoms with Crippen molar-refractivity contribution in [3.05, 3.63) is 33.9 Å². The van der Waals surface area contributed by atoms with E-state index in [9.17, 15) is 18.5 Å². The second-order valence-corrected chi connectivity index (χ2v) is 5.59. The van der Waals surface area contributed by atoms with Crippen LogP contribution in [-0.4, -0.2) is 25.9 Å². The third kappa shape index (κ3) is 3.03. The Morgan fingerprint density at radius 1 is 1.50 bits per heavy atom. The summed E-state index contributed by atoms with van der Waals surface area (Å²) in [6.07, 6.45) is 0. The summed E-state index contributed by atoms with van der Waals surface area (Å²) < 4.78 is 26.5. The molecule has 0 spiro atoms. The van der Waals surface area contributed by atoms with Gasteiger partial charge in [-0.1, -0.05) is 12.1 Å². The smallest absolute Gasteiger partial charge is 0.289 e. The summed E-state index contributed by atoms with van der Waals surface area (Å²) in [7, 11) is -3.95. The number of hydrogen-bond acceptors (Lipinski definition) is 5. The lowest BCUT2D eigenvalue weighted by Crippen LogP contribution is -2.38. The molecule has 0 saturated heterocycles. The summed E-state index contributed by atoms with van der Waals surface area (Å²) in [5.74, 6) is 0. The van der Waals surface area contributed by atoms with E-state index in [-0.39, 0.29) is 11.4 Å². The van der Waals surface area contributed by atoms with E-state index in [0.29, 0.717) is 5.56 Å². The predicted octanol–water partition coefficient (Wildman–Crippen LogP) is 0.529. The van der Waals surface area contributed by atoms with Crippen molar-refractivity contribution in [3.63, 3.8) is 0 Å². The molecular weight excluding hydrogens is 258 g/mol. The highest BCUT2D eigenvalue weighted by Gasteiger charge is 2.28. The lowest BCUT2D eigenvalue weighted by molar-refractivity contribution is -0.387. The number of aryl methyl sites for hydroxylation is 1. The van der Waals surface area contributed by atoms with Crippen LogP contribution in [0.25, 0.3) is 0 Å². The van der Waals surface area contributed by atoms with Gasteiger partial charge < -0.3 is 5.73 Å². The minimum absolute atomic E-state index is 0.110. The van der Waals surface area contributed by atoms with Crippen molar-refractivity contribution in [1.82, 2.24) is 4.72 Å². The van der Waals surface area contributed by atoms with Crippen molar-refractivity contribution < 1.29 is 13.3 Å². The molecule has 18 heavy (non-hydrogen) atoms. The summed E-state index contributed by atoms with van der Waals surface area (Å²) in [5, 5.41) is 10.9. The molecule has 0 heterocycles. The fraction of sp³-hybridized carbons (Fsp3) is 0.400. The molecule has 1 aromatic carbocycles. The standard InChI is InChI=1S/C10H15N3O4S/c1-7-4-3-5-9(13(14)15)10(7)18(16,17)12-8(2)6-11/h3-5,8,12H,6,11H2,1-2H3/t8-/m1/s1. The molecule has 0 aromatic heterocycles. The topological polar surface area (TPSA) is 115 Å². The highest BCUT2D eigenvalue weighted by atomic mass is 32.2. The Hall–Kier alpha value is -1.51. The van der Waals surface area contributed by atoms with Crippen LogP contribution in [0.4, 0.5) is 5.69 Å². The Balaban J connectivity index is 3.36. The van der Waals surface area contributed by atoms with Crippen LogP contribution in [0.15, 0.2) is 23.1 Å². The van der Waals surface area contributed by atoms with Crippen LogP contribution in [0.5, 0.6) is 0 Å². The minimum Gasteiger partial charge on any atom is -0.329 e. The van der Waals surface area contributed by atoms with Gasteiger partial charge in [0.1, 0.15) is 0 Å². The number of nitro groups is 1. The quantitative estimate of drug-likeness (QED) is 0.599. The van der Waals surface area contributed by atoms with Gasteiger partial charge in [0.2, 0.25) is 10.0 Å². The maximum Gasteiger partial charge on any atom is 0.289 e. The predicted molar refractivity (Wildman–Crippen MR) is 66.7 cm³/mol. The van der Waals surface area contributed by atoms with E-state index in [1.807, 2.05) is 0 Å². The first-order chi connectivity index (χ1) is 8.29. The molecule has 100 valence electrons. The Labute approximate surface area is 105 Å². The minimum atomic E-state index is -3.95. The van der Waals surface area contributed by atoms with E-state index < -0.39 is 26.7 Å². The maximum absolute atomic E-state index is 12.1. The van der Waals surface area contributed by atoms with Crippen LogP contribution >= 0.6 is 0 Å². The van der Waals surface area contributed by atoms with E-state index in [2.05, 4.69) is 4.72 Å². The van der Waals surface area contributed by atoms with E-state index >= 15 is 0 Å². The molecule has 3 N–H and O–H groups in total. The number of nitrogens with two attached hydrogens (primary N) is 1. The van der Waals surface area contributed by atoms with Gasteiger partial charge in [0.05, 0.1) is 4.92 Å². The lowest BCUT2D eigenvalue weighted by atomic mass is 10.2. The van der Waals surface area contributed by atoms with Crippen molar-refractivity contribution in [1.29, 1.82) is 0 Å². The molecule has 0 amide bonds. The molecule has 0 aliphatic carbocycles. The van der Waals surface area contributed by atoms with E-state index in [4.69, 9.17) is 5.73 Å². The monoisotopic (exact) mass is 273 g/mol. The molecule has 1 aromatic rings. The highest BCUT2D eigenvalue weighted by Crippen LogP contribution is 2.26. The number of nitrogens with one attached hydrogen (secondary N) is 1. The van der Waals surface area contributed by atoms with E-state index in [0.717, 1.165) is 6.07 Å². The van der Waals surface area contributed by atoms with E-state index in [1.54, 1.807) is 6.92 Å². The van der Waals surface area contributed by atoms with Gasteiger partial charge in [-0.3, -0.25) is 10.1 Å². The van der Waals surface area contributed by atoms with Gasteiger partial charge in [-0.2, -0.15) is 0 Å². The zero-order valence-corrected chi connectivity index (χ0v) is 10.9. The highest BCUT2D eigenvalue weighted by molar-refractivity contribution is 7.89. The van der Waals surface area contributed by atoms with Crippen LogP contribution in [0.3, 0.4) is 0 Å². The van der Waals surface area contributed by atoms with Crippen LogP contribution in [0.1, 0.15) is 12.5 Å². The first-order valence-electron chi connectivity index (χ1n) is 5.26. The van der Waals surface area contributed by atoms with Crippen molar-refractivity contribution in [2.45, 2.75) is 24.8 Å². The first-order valence-corrected chi connectivity index (χ1v) is 6.74. The molecule has 0 radical (unpaired) electrons. The number of nitro benzene ring substituents is 1. The number of sulfonamides is 1. The fourth-order valence-electron chi connectivity index (χ4n) is 1.50. The molecule has 0 aliphatic rings.